The van der Waals surface area contributed by atoms with Crippen molar-refractivity contribution in [2.75, 3.05) is 26.4 Å². The van der Waals surface area contributed by atoms with Crippen molar-refractivity contribution < 1.29 is 9.16 Å². The molecule has 2 aromatic carbocycles. The summed E-state index contributed by atoms with van der Waals surface area (Å²) in [6.45, 7) is 15.0. The first-order valence-electron chi connectivity index (χ1n) is 11.4. The molecule has 164 valence electrons. The van der Waals surface area contributed by atoms with Gasteiger partial charge in [0, 0.05) is 31.9 Å². The monoisotopic (exact) mass is 425 g/mol. The minimum Gasteiger partial charge on any atom is -0.406 e. The van der Waals surface area contributed by atoms with E-state index >= 15 is 0 Å². The van der Waals surface area contributed by atoms with Gasteiger partial charge in [0.1, 0.15) is 0 Å². The zero-order valence-electron chi connectivity index (χ0n) is 19.4. The molecular formula is C26H39NO2Si. The van der Waals surface area contributed by atoms with E-state index in [-0.39, 0.29) is 10.6 Å². The maximum absolute atomic E-state index is 7.00. The highest BCUT2D eigenvalue weighted by Gasteiger charge is 2.50. The topological polar surface area (TPSA) is 30.5 Å². The summed E-state index contributed by atoms with van der Waals surface area (Å²) in [7, 11) is -2.45. The Morgan fingerprint density at radius 2 is 1.37 bits per heavy atom. The second-order valence-electron chi connectivity index (χ2n) is 10.0. The van der Waals surface area contributed by atoms with Crippen LogP contribution in [0.5, 0.6) is 0 Å². The molecule has 1 heterocycles. The number of benzene rings is 2. The van der Waals surface area contributed by atoms with Crippen molar-refractivity contribution in [3.8, 4) is 0 Å². The summed E-state index contributed by atoms with van der Waals surface area (Å²) >= 11 is 0. The lowest BCUT2D eigenvalue weighted by Crippen LogP contribution is -2.67. The van der Waals surface area contributed by atoms with Gasteiger partial charge in [0.15, 0.2) is 0 Å². The number of hydrogen-bond acceptors (Lipinski definition) is 3. The Kier molecular flexibility index (Phi) is 7.56. The average Bonchev–Trinajstić information content (AvgIpc) is 2.75. The average molecular weight is 426 g/mol. The predicted octanol–water partition coefficient (Wildman–Crippen LogP) is 4.36. The first-order valence-corrected chi connectivity index (χ1v) is 13.3. The first-order chi connectivity index (χ1) is 14.3. The van der Waals surface area contributed by atoms with Crippen molar-refractivity contribution in [3.63, 3.8) is 0 Å². The molecule has 2 aromatic rings. The summed E-state index contributed by atoms with van der Waals surface area (Å²) in [5.41, 5.74) is 0.0958. The summed E-state index contributed by atoms with van der Waals surface area (Å²) in [6, 6.07) is 21.8. The highest BCUT2D eigenvalue weighted by Crippen LogP contribution is 2.36. The van der Waals surface area contributed by atoms with Gasteiger partial charge in [-0.15, -0.1) is 0 Å². The standard InChI is InChI=1S/C26H39NO2Si/c1-25(2,3)30(23-12-8-6-9-13-23,24-14-10-7-11-15-24)29-21-18-27-26(4,5)22-16-19-28-20-17-22/h6-15,22,27H,16-21H2,1-5H3. The summed E-state index contributed by atoms with van der Waals surface area (Å²) in [5.74, 6) is 0.652. The Labute approximate surface area is 184 Å². The fraction of sp³-hybridized carbons (Fsp3) is 0.538. The van der Waals surface area contributed by atoms with Gasteiger partial charge in [0.25, 0.3) is 8.32 Å². The minimum atomic E-state index is -2.45. The van der Waals surface area contributed by atoms with Crippen LogP contribution >= 0.6 is 0 Å². The van der Waals surface area contributed by atoms with Crippen LogP contribution < -0.4 is 15.7 Å². The zero-order chi connectivity index (χ0) is 21.7. The van der Waals surface area contributed by atoms with E-state index in [1.807, 2.05) is 0 Å². The van der Waals surface area contributed by atoms with Crippen molar-refractivity contribution in [1.82, 2.24) is 5.32 Å². The largest absolute Gasteiger partial charge is 0.406 e. The molecule has 0 amide bonds. The predicted molar refractivity (Wildman–Crippen MR) is 129 cm³/mol. The molecule has 1 N–H and O–H groups in total. The Hall–Kier alpha value is -1.46. The van der Waals surface area contributed by atoms with E-state index < -0.39 is 8.32 Å². The van der Waals surface area contributed by atoms with E-state index in [2.05, 4.69) is 101 Å². The number of rotatable bonds is 8. The van der Waals surface area contributed by atoms with Gasteiger partial charge in [-0.25, -0.2) is 0 Å². The van der Waals surface area contributed by atoms with E-state index in [9.17, 15) is 0 Å². The van der Waals surface area contributed by atoms with Gasteiger partial charge in [-0.3, -0.25) is 0 Å². The molecular weight excluding hydrogens is 386 g/mol. The summed E-state index contributed by atoms with van der Waals surface area (Å²) in [5, 5.41) is 6.50. The van der Waals surface area contributed by atoms with Crippen LogP contribution in [0.2, 0.25) is 5.04 Å². The van der Waals surface area contributed by atoms with Crippen LogP contribution in [0.4, 0.5) is 0 Å². The van der Waals surface area contributed by atoms with Gasteiger partial charge in [-0.2, -0.15) is 0 Å². The first kappa shape index (κ1) is 23.2. The number of nitrogens with one attached hydrogen (secondary N) is 1. The van der Waals surface area contributed by atoms with Crippen molar-refractivity contribution in [2.45, 2.75) is 58.0 Å². The Balaban J connectivity index is 1.80. The molecule has 1 fully saturated rings. The molecule has 0 atom stereocenters. The summed E-state index contributed by atoms with van der Waals surface area (Å²) in [4.78, 5) is 0. The van der Waals surface area contributed by atoms with Gasteiger partial charge < -0.3 is 14.5 Å². The molecule has 1 saturated heterocycles. The fourth-order valence-corrected chi connectivity index (χ4v) is 9.47. The molecule has 30 heavy (non-hydrogen) atoms. The minimum absolute atomic E-state index is 0.0198. The normalized spacial score (nSPS) is 16.6. The van der Waals surface area contributed by atoms with Gasteiger partial charge in [0.05, 0.1) is 0 Å². The van der Waals surface area contributed by atoms with Crippen molar-refractivity contribution in [2.24, 2.45) is 5.92 Å². The van der Waals surface area contributed by atoms with Gasteiger partial charge in [0.2, 0.25) is 0 Å². The second kappa shape index (κ2) is 9.78. The molecule has 0 aliphatic carbocycles. The Bertz CT molecular complexity index is 725. The van der Waals surface area contributed by atoms with Crippen molar-refractivity contribution in [1.29, 1.82) is 0 Å². The van der Waals surface area contributed by atoms with Crippen LogP contribution in [0.25, 0.3) is 0 Å². The number of hydrogen-bond donors (Lipinski definition) is 1. The van der Waals surface area contributed by atoms with Crippen molar-refractivity contribution >= 4 is 18.7 Å². The molecule has 0 aromatic heterocycles. The maximum Gasteiger partial charge on any atom is 0.261 e. The SMILES string of the molecule is CC(C)(NCCO[Si](c1ccccc1)(c1ccccc1)C(C)(C)C)C1CCOCC1. The van der Waals surface area contributed by atoms with Crippen LogP contribution in [0.15, 0.2) is 60.7 Å². The Morgan fingerprint density at radius 1 is 0.867 bits per heavy atom. The lowest BCUT2D eigenvalue weighted by Gasteiger charge is -2.43. The molecule has 4 heteroatoms. The third-order valence-electron chi connectivity index (χ3n) is 6.66. The molecule has 1 aliphatic heterocycles. The van der Waals surface area contributed by atoms with E-state index in [1.54, 1.807) is 0 Å². The lowest BCUT2D eigenvalue weighted by molar-refractivity contribution is 0.0362. The molecule has 0 radical (unpaired) electrons. The molecule has 0 saturated carbocycles. The van der Waals surface area contributed by atoms with Gasteiger partial charge in [-0.1, -0.05) is 81.4 Å². The molecule has 1 aliphatic rings. The molecule has 0 bridgehead atoms. The summed E-state index contributed by atoms with van der Waals surface area (Å²) < 4.78 is 12.6. The van der Waals surface area contributed by atoms with Crippen LogP contribution in [0.3, 0.4) is 0 Å². The van der Waals surface area contributed by atoms with Crippen LogP contribution in [-0.2, 0) is 9.16 Å². The second-order valence-corrected chi connectivity index (χ2v) is 14.4. The van der Waals surface area contributed by atoms with E-state index in [4.69, 9.17) is 9.16 Å². The fourth-order valence-electron chi connectivity index (χ4n) is 4.90. The van der Waals surface area contributed by atoms with Gasteiger partial charge >= 0.3 is 0 Å². The molecule has 3 rings (SSSR count). The zero-order valence-corrected chi connectivity index (χ0v) is 20.4. The Morgan fingerprint density at radius 3 is 1.83 bits per heavy atom. The summed E-state index contributed by atoms with van der Waals surface area (Å²) in [6.07, 6.45) is 2.27. The van der Waals surface area contributed by atoms with Crippen molar-refractivity contribution in [3.05, 3.63) is 60.7 Å². The van der Waals surface area contributed by atoms with Crippen LogP contribution in [-0.4, -0.2) is 40.2 Å². The van der Waals surface area contributed by atoms with E-state index in [0.717, 1.165) is 32.6 Å². The molecule has 0 spiro atoms. The van der Waals surface area contributed by atoms with Crippen LogP contribution in [0, 0.1) is 5.92 Å². The van der Waals surface area contributed by atoms with Crippen LogP contribution in [0.1, 0.15) is 47.5 Å². The third kappa shape index (κ3) is 5.05. The highest BCUT2D eigenvalue weighted by molar-refractivity contribution is 6.99. The van der Waals surface area contributed by atoms with Gasteiger partial charge in [-0.05, 0) is 48.0 Å². The van der Waals surface area contributed by atoms with E-state index in [0.29, 0.717) is 12.5 Å². The van der Waals surface area contributed by atoms with E-state index in [1.165, 1.54) is 10.4 Å². The smallest absolute Gasteiger partial charge is 0.261 e. The quantitative estimate of drug-likeness (QED) is 0.504. The maximum atomic E-state index is 7.00. The molecule has 3 nitrogen and oxygen atoms in total. The third-order valence-corrected chi connectivity index (χ3v) is 11.7. The highest BCUT2D eigenvalue weighted by atomic mass is 28.4. The number of ether oxygens (including phenoxy) is 1. The molecule has 0 unspecified atom stereocenters. The lowest BCUT2D eigenvalue weighted by atomic mass is 9.82.